The third kappa shape index (κ3) is 6.75. The maximum Gasteiger partial charge on any atom is 0.277 e. The lowest BCUT2D eigenvalue weighted by Crippen LogP contribution is -2.44. The van der Waals surface area contributed by atoms with Crippen LogP contribution >= 0.6 is 0 Å². The van der Waals surface area contributed by atoms with Crippen molar-refractivity contribution in [1.29, 1.82) is 0 Å². The van der Waals surface area contributed by atoms with Gasteiger partial charge in [-0.15, -0.1) is 0 Å². The lowest BCUT2D eigenvalue weighted by atomic mass is 10.00. The van der Waals surface area contributed by atoms with Gasteiger partial charge in [-0.25, -0.2) is 23.2 Å². The normalized spacial score (nSPS) is 17.0. The highest BCUT2D eigenvalue weighted by molar-refractivity contribution is 7.92. The molecule has 4 bridgehead atoms. The van der Waals surface area contributed by atoms with Crippen LogP contribution in [-0.4, -0.2) is 48.6 Å². The van der Waals surface area contributed by atoms with Gasteiger partial charge in [-0.05, 0) is 61.9 Å². The molecule has 1 N–H and O–H groups in total. The van der Waals surface area contributed by atoms with E-state index in [9.17, 15) is 13.2 Å². The number of anilines is 1. The number of carbonyl (C=O) groups excluding carboxylic acids is 1. The van der Waals surface area contributed by atoms with Crippen LogP contribution in [-0.2, 0) is 14.9 Å². The zero-order valence-corrected chi connectivity index (χ0v) is 23.9. The molecule has 1 aliphatic heterocycles. The van der Waals surface area contributed by atoms with Crippen LogP contribution in [0.15, 0.2) is 53.4 Å². The SMILES string of the molecule is CCCCON1C(=O)c2cccc(c2)S(=O)(=O)Nc2nc(cc(-c3c(C)cccc3C)n2)OC[C@H]1CC(C)C. The second-order valence-corrected chi connectivity index (χ2v) is 11.9. The molecule has 4 rings (SSSR count). The van der Waals surface area contributed by atoms with Crippen LogP contribution in [0.3, 0.4) is 0 Å². The average Bonchev–Trinajstić information content (AvgIpc) is 2.88. The molecule has 1 aromatic heterocycles. The molecule has 0 aliphatic carbocycles. The quantitative estimate of drug-likeness (QED) is 0.383. The summed E-state index contributed by atoms with van der Waals surface area (Å²) in [6.07, 6.45) is 2.28. The van der Waals surface area contributed by atoms with Crippen molar-refractivity contribution in [2.75, 3.05) is 17.9 Å². The van der Waals surface area contributed by atoms with Gasteiger partial charge in [0.25, 0.3) is 15.9 Å². The van der Waals surface area contributed by atoms with Gasteiger partial charge >= 0.3 is 0 Å². The number of aromatic nitrogens is 2. The van der Waals surface area contributed by atoms with Crippen LogP contribution in [0.25, 0.3) is 11.3 Å². The van der Waals surface area contributed by atoms with Crippen molar-refractivity contribution in [3.05, 3.63) is 65.2 Å². The van der Waals surface area contributed by atoms with Gasteiger partial charge < -0.3 is 4.74 Å². The summed E-state index contributed by atoms with van der Waals surface area (Å²) in [6, 6.07) is 13.1. The lowest BCUT2D eigenvalue weighted by Gasteiger charge is -2.31. The summed E-state index contributed by atoms with van der Waals surface area (Å²) < 4.78 is 35.4. The topological polar surface area (TPSA) is 111 Å². The number of fused-ring (bicyclic) bond motifs is 4. The van der Waals surface area contributed by atoms with Gasteiger partial charge in [0, 0.05) is 17.2 Å². The molecular formula is C29H36N4O5S. The second kappa shape index (κ2) is 12.1. The van der Waals surface area contributed by atoms with Gasteiger partial charge in [-0.1, -0.05) is 51.5 Å². The van der Waals surface area contributed by atoms with Crippen molar-refractivity contribution in [3.8, 4) is 17.1 Å². The Hall–Kier alpha value is -3.50. The number of hydrogen-bond donors (Lipinski definition) is 1. The highest BCUT2D eigenvalue weighted by Crippen LogP contribution is 2.30. The minimum atomic E-state index is -4.11. The fraction of sp³-hybridized carbons (Fsp3) is 0.414. The van der Waals surface area contributed by atoms with E-state index in [1.165, 1.54) is 17.2 Å². The highest BCUT2D eigenvalue weighted by atomic mass is 32.2. The Morgan fingerprint density at radius 3 is 2.51 bits per heavy atom. The number of unbranched alkanes of at least 4 members (excludes halogenated alkanes) is 1. The van der Waals surface area contributed by atoms with Crippen LogP contribution in [0.2, 0.25) is 0 Å². The number of nitrogens with zero attached hydrogens (tertiary/aromatic N) is 3. The number of aryl methyl sites for hydroxylation is 2. The maximum absolute atomic E-state index is 13.7. The first-order chi connectivity index (χ1) is 18.6. The van der Waals surface area contributed by atoms with Gasteiger partial charge in [0.05, 0.1) is 23.2 Å². The number of hydrogen-bond acceptors (Lipinski definition) is 7. The monoisotopic (exact) mass is 552 g/mol. The lowest BCUT2D eigenvalue weighted by molar-refractivity contribution is -0.159. The molecule has 0 saturated heterocycles. The van der Waals surface area contributed by atoms with Crippen molar-refractivity contribution in [2.45, 2.75) is 64.8 Å². The number of rotatable bonds is 7. The largest absolute Gasteiger partial charge is 0.475 e. The molecule has 2 aromatic carbocycles. The first kappa shape index (κ1) is 28.5. The Morgan fingerprint density at radius 1 is 1.10 bits per heavy atom. The first-order valence-electron chi connectivity index (χ1n) is 13.3. The molecule has 0 radical (unpaired) electrons. The summed E-state index contributed by atoms with van der Waals surface area (Å²) in [7, 11) is -4.11. The minimum Gasteiger partial charge on any atom is -0.475 e. The Morgan fingerprint density at radius 2 is 1.82 bits per heavy atom. The van der Waals surface area contributed by atoms with Crippen molar-refractivity contribution < 1.29 is 22.8 Å². The van der Waals surface area contributed by atoms with E-state index >= 15 is 0 Å². The molecule has 0 unspecified atom stereocenters. The summed E-state index contributed by atoms with van der Waals surface area (Å²) >= 11 is 0. The van der Waals surface area contributed by atoms with Gasteiger partial charge in [0.1, 0.15) is 6.61 Å². The highest BCUT2D eigenvalue weighted by Gasteiger charge is 2.30. The first-order valence-corrected chi connectivity index (χ1v) is 14.7. The Labute approximate surface area is 230 Å². The van der Waals surface area contributed by atoms with Crippen LogP contribution in [0, 0.1) is 19.8 Å². The number of sulfonamides is 1. The predicted molar refractivity (Wildman–Crippen MR) is 150 cm³/mol. The molecule has 0 spiro atoms. The standard InChI is InChI=1S/C29H36N4O5S/c1-6-7-14-38-33-23(15-19(2)3)18-37-26-17-25(27-20(4)10-8-11-21(27)5)30-29(31-26)32-39(35,36)24-13-9-12-22(16-24)28(33)34/h8-13,16-17,19,23H,6-7,14-15,18H2,1-5H3,(H,30,31,32)/t23-/m1/s1. The van der Waals surface area contributed by atoms with Crippen LogP contribution in [0.4, 0.5) is 5.95 Å². The van der Waals surface area contributed by atoms with E-state index in [-0.39, 0.29) is 34.8 Å². The zero-order chi connectivity index (χ0) is 28.2. The molecule has 208 valence electrons. The van der Waals surface area contributed by atoms with E-state index in [4.69, 9.17) is 9.57 Å². The zero-order valence-electron chi connectivity index (χ0n) is 23.1. The van der Waals surface area contributed by atoms with Crippen molar-refractivity contribution in [3.63, 3.8) is 0 Å². The molecule has 1 aliphatic rings. The summed E-state index contributed by atoms with van der Waals surface area (Å²) in [5.41, 5.74) is 3.57. The summed E-state index contributed by atoms with van der Waals surface area (Å²) in [5, 5.41) is 1.35. The van der Waals surface area contributed by atoms with Crippen LogP contribution in [0.5, 0.6) is 5.88 Å². The second-order valence-electron chi connectivity index (χ2n) is 10.2. The van der Waals surface area contributed by atoms with Gasteiger partial charge in [-0.3, -0.25) is 9.63 Å². The van der Waals surface area contributed by atoms with E-state index in [0.29, 0.717) is 18.7 Å². The smallest absolute Gasteiger partial charge is 0.277 e. The molecule has 0 fully saturated rings. The van der Waals surface area contributed by atoms with Crippen LogP contribution < -0.4 is 9.46 Å². The van der Waals surface area contributed by atoms with Crippen LogP contribution in [0.1, 0.15) is 61.5 Å². The molecule has 2 heterocycles. The van der Waals surface area contributed by atoms with Gasteiger partial charge in [0.15, 0.2) is 0 Å². The molecule has 1 amide bonds. The minimum absolute atomic E-state index is 0.0786. The molecule has 9 nitrogen and oxygen atoms in total. The summed E-state index contributed by atoms with van der Waals surface area (Å²) in [6.45, 7) is 10.6. The molecule has 0 saturated carbocycles. The number of amides is 1. The summed E-state index contributed by atoms with van der Waals surface area (Å²) in [4.78, 5) is 28.6. The van der Waals surface area contributed by atoms with E-state index in [0.717, 1.165) is 29.5 Å². The number of ether oxygens (including phenoxy) is 1. The van der Waals surface area contributed by atoms with E-state index in [1.807, 2.05) is 39.0 Å². The number of benzene rings is 2. The molecular weight excluding hydrogens is 516 g/mol. The number of carbonyl (C=O) groups is 1. The van der Waals surface area contributed by atoms with E-state index in [1.54, 1.807) is 18.2 Å². The number of nitrogens with one attached hydrogen (secondary N) is 1. The third-order valence-electron chi connectivity index (χ3n) is 6.48. The molecule has 39 heavy (non-hydrogen) atoms. The van der Waals surface area contributed by atoms with E-state index in [2.05, 4.69) is 28.5 Å². The van der Waals surface area contributed by atoms with Gasteiger partial charge in [-0.2, -0.15) is 4.98 Å². The third-order valence-corrected chi connectivity index (χ3v) is 7.81. The van der Waals surface area contributed by atoms with Crippen molar-refractivity contribution >= 4 is 21.9 Å². The molecule has 3 aromatic rings. The van der Waals surface area contributed by atoms with Crippen molar-refractivity contribution in [1.82, 2.24) is 15.0 Å². The summed E-state index contributed by atoms with van der Waals surface area (Å²) in [5.74, 6) is -0.108. The van der Waals surface area contributed by atoms with Crippen molar-refractivity contribution in [2.24, 2.45) is 5.92 Å². The molecule has 1 atom stereocenters. The molecule has 10 heteroatoms. The number of hydroxylamine groups is 2. The Kier molecular flexibility index (Phi) is 8.87. The average molecular weight is 553 g/mol. The fourth-order valence-corrected chi connectivity index (χ4v) is 5.58. The Bertz CT molecular complexity index is 1420. The van der Waals surface area contributed by atoms with E-state index < -0.39 is 22.0 Å². The maximum atomic E-state index is 13.7. The fourth-order valence-electron chi connectivity index (χ4n) is 4.59. The Balaban J connectivity index is 1.87. The predicted octanol–water partition coefficient (Wildman–Crippen LogP) is 5.54. The van der Waals surface area contributed by atoms with Gasteiger partial charge in [0.2, 0.25) is 11.8 Å².